The molecule has 4 amide bonds. The second kappa shape index (κ2) is 13.3. The number of nitrogens with one attached hydrogen (secondary N) is 4. The average molecular weight is 350 g/mol. The molecule has 0 unspecified atom stereocenters. The van der Waals surface area contributed by atoms with Gasteiger partial charge < -0.3 is 21.3 Å². The van der Waals surface area contributed by atoms with E-state index in [-0.39, 0.29) is 35.9 Å². The van der Waals surface area contributed by atoms with Crippen molar-refractivity contribution in [3.63, 3.8) is 0 Å². The Morgan fingerprint density at radius 1 is 0.773 bits per heavy atom. The molecule has 4 N–H and O–H groups in total. The van der Waals surface area contributed by atoms with Crippen molar-refractivity contribution in [1.29, 1.82) is 0 Å². The molecule has 0 fully saturated rings. The Morgan fingerprint density at radius 2 is 1.36 bits per heavy atom. The second-order valence-electron chi connectivity index (χ2n) is 4.14. The zero-order valence-corrected chi connectivity index (χ0v) is 14.3. The molecule has 126 valence electrons. The van der Waals surface area contributed by atoms with E-state index in [1.807, 2.05) is 0 Å². The summed E-state index contributed by atoms with van der Waals surface area (Å²) < 4.78 is 0. The van der Waals surface area contributed by atoms with Gasteiger partial charge in [0.2, 0.25) is 23.6 Å². The summed E-state index contributed by atoms with van der Waals surface area (Å²) in [5.74, 6) is 0.964. The standard InChI is InChI=1S/C12H22N4O4S2/c1-9(17)15-7-21-4-3-13-11(19)5-14-12(20)6-22-8-16-10(2)18/h3-8H2,1-2H3,(H,13,19)(H,14,20)(H,15,17)(H,16,18). The molecule has 0 aromatic carbocycles. The molecule has 0 aromatic heterocycles. The van der Waals surface area contributed by atoms with E-state index in [9.17, 15) is 19.2 Å². The molecule has 0 atom stereocenters. The van der Waals surface area contributed by atoms with Gasteiger partial charge in [-0.3, -0.25) is 19.2 Å². The van der Waals surface area contributed by atoms with E-state index < -0.39 is 0 Å². The molecule has 0 aliphatic carbocycles. The number of carbonyl (C=O) groups is 4. The summed E-state index contributed by atoms with van der Waals surface area (Å²) in [6.07, 6.45) is 0. The molecule has 22 heavy (non-hydrogen) atoms. The number of hydrogen-bond acceptors (Lipinski definition) is 6. The lowest BCUT2D eigenvalue weighted by Gasteiger charge is -2.07. The lowest BCUT2D eigenvalue weighted by Crippen LogP contribution is -2.38. The summed E-state index contributed by atoms with van der Waals surface area (Å²) in [5.41, 5.74) is 0. The van der Waals surface area contributed by atoms with Crippen LogP contribution in [-0.2, 0) is 19.2 Å². The molecule has 0 aliphatic heterocycles. The highest BCUT2D eigenvalue weighted by Crippen LogP contribution is 1.96. The molecule has 8 nitrogen and oxygen atoms in total. The van der Waals surface area contributed by atoms with Gasteiger partial charge in [-0.15, -0.1) is 23.5 Å². The van der Waals surface area contributed by atoms with Crippen LogP contribution in [0.5, 0.6) is 0 Å². The van der Waals surface area contributed by atoms with Crippen LogP contribution < -0.4 is 21.3 Å². The number of amides is 4. The third-order valence-electron chi connectivity index (χ3n) is 2.09. The van der Waals surface area contributed by atoms with E-state index in [4.69, 9.17) is 0 Å². The Hall–Kier alpha value is -1.42. The number of thioether (sulfide) groups is 2. The van der Waals surface area contributed by atoms with Gasteiger partial charge >= 0.3 is 0 Å². The van der Waals surface area contributed by atoms with Crippen LogP contribution in [0.3, 0.4) is 0 Å². The third kappa shape index (κ3) is 15.0. The van der Waals surface area contributed by atoms with Crippen LogP contribution >= 0.6 is 23.5 Å². The van der Waals surface area contributed by atoms with Crippen LogP contribution in [0.4, 0.5) is 0 Å². The fourth-order valence-corrected chi connectivity index (χ4v) is 2.47. The van der Waals surface area contributed by atoms with Crippen molar-refractivity contribution in [3.05, 3.63) is 0 Å². The van der Waals surface area contributed by atoms with Crippen molar-refractivity contribution in [2.24, 2.45) is 0 Å². The largest absolute Gasteiger partial charge is 0.354 e. The number of carbonyl (C=O) groups excluding carboxylic acids is 4. The third-order valence-corrected chi connectivity index (χ3v) is 3.75. The van der Waals surface area contributed by atoms with Crippen molar-refractivity contribution in [1.82, 2.24) is 21.3 Å². The second-order valence-corrected chi connectivity index (χ2v) is 6.23. The predicted molar refractivity (Wildman–Crippen MR) is 88.3 cm³/mol. The van der Waals surface area contributed by atoms with Crippen molar-refractivity contribution in [2.45, 2.75) is 13.8 Å². The quantitative estimate of drug-likeness (QED) is 0.277. The van der Waals surface area contributed by atoms with Crippen LogP contribution in [0.15, 0.2) is 0 Å². The van der Waals surface area contributed by atoms with E-state index in [1.54, 1.807) is 0 Å². The smallest absolute Gasteiger partial charge is 0.239 e. The molecule has 0 rings (SSSR count). The lowest BCUT2D eigenvalue weighted by atomic mass is 10.5. The zero-order valence-electron chi connectivity index (χ0n) is 12.7. The summed E-state index contributed by atoms with van der Waals surface area (Å²) in [6, 6.07) is 0. The highest BCUT2D eigenvalue weighted by atomic mass is 32.2. The SMILES string of the molecule is CC(=O)NCSCCNC(=O)CNC(=O)CSCNC(C)=O. The normalized spacial score (nSPS) is 9.73. The van der Waals surface area contributed by atoms with E-state index in [1.165, 1.54) is 37.4 Å². The van der Waals surface area contributed by atoms with Crippen molar-refractivity contribution in [2.75, 3.05) is 36.3 Å². The van der Waals surface area contributed by atoms with Gasteiger partial charge in [0.05, 0.1) is 24.1 Å². The number of hydrogen-bond donors (Lipinski definition) is 4. The maximum atomic E-state index is 11.4. The summed E-state index contributed by atoms with van der Waals surface area (Å²) >= 11 is 2.75. The molecule has 0 saturated carbocycles. The maximum Gasteiger partial charge on any atom is 0.239 e. The first-order valence-electron chi connectivity index (χ1n) is 6.59. The molecule has 10 heteroatoms. The van der Waals surface area contributed by atoms with E-state index >= 15 is 0 Å². The molecular weight excluding hydrogens is 328 g/mol. The highest BCUT2D eigenvalue weighted by Gasteiger charge is 2.05. The minimum atomic E-state index is -0.264. The van der Waals surface area contributed by atoms with Crippen LogP contribution in [-0.4, -0.2) is 60.0 Å². The first kappa shape index (κ1) is 20.6. The predicted octanol–water partition coefficient (Wildman–Crippen LogP) is -1.13. The fraction of sp³-hybridized carbons (Fsp3) is 0.667. The minimum absolute atomic E-state index is 0.0735. The Labute approximate surface area is 138 Å². The first-order chi connectivity index (χ1) is 10.4. The molecule has 0 radical (unpaired) electrons. The van der Waals surface area contributed by atoms with Gasteiger partial charge in [0.15, 0.2) is 0 Å². The Balaban J connectivity index is 3.46. The van der Waals surface area contributed by atoms with Crippen LogP contribution in [0.1, 0.15) is 13.8 Å². The number of rotatable bonds is 11. The molecule has 0 aromatic rings. The minimum Gasteiger partial charge on any atom is -0.354 e. The van der Waals surface area contributed by atoms with Crippen LogP contribution in [0.2, 0.25) is 0 Å². The van der Waals surface area contributed by atoms with Crippen molar-refractivity contribution < 1.29 is 19.2 Å². The van der Waals surface area contributed by atoms with E-state index in [2.05, 4.69) is 21.3 Å². The van der Waals surface area contributed by atoms with E-state index in [0.29, 0.717) is 24.1 Å². The molecular formula is C12H22N4O4S2. The summed E-state index contributed by atoms with van der Waals surface area (Å²) in [7, 11) is 0. The topological polar surface area (TPSA) is 116 Å². The summed E-state index contributed by atoms with van der Waals surface area (Å²) in [4.78, 5) is 44.0. The van der Waals surface area contributed by atoms with Crippen LogP contribution in [0.25, 0.3) is 0 Å². The Morgan fingerprint density at radius 3 is 1.95 bits per heavy atom. The van der Waals surface area contributed by atoms with Crippen LogP contribution in [0, 0.1) is 0 Å². The van der Waals surface area contributed by atoms with Gasteiger partial charge in [0.1, 0.15) is 0 Å². The van der Waals surface area contributed by atoms with Gasteiger partial charge in [-0.2, -0.15) is 0 Å². The Bertz CT molecular complexity index is 393. The highest BCUT2D eigenvalue weighted by molar-refractivity contribution is 7.99. The average Bonchev–Trinajstić information content (AvgIpc) is 2.44. The van der Waals surface area contributed by atoms with Crippen molar-refractivity contribution in [3.8, 4) is 0 Å². The van der Waals surface area contributed by atoms with Gasteiger partial charge in [-0.25, -0.2) is 0 Å². The van der Waals surface area contributed by atoms with Crippen molar-refractivity contribution >= 4 is 47.2 Å². The van der Waals surface area contributed by atoms with E-state index in [0.717, 1.165) is 0 Å². The Kier molecular flexibility index (Phi) is 12.4. The summed E-state index contributed by atoms with van der Waals surface area (Å²) in [6.45, 7) is 3.24. The van der Waals surface area contributed by atoms with Gasteiger partial charge in [0.25, 0.3) is 0 Å². The van der Waals surface area contributed by atoms with Gasteiger partial charge in [-0.05, 0) is 0 Å². The molecule has 0 spiro atoms. The summed E-state index contributed by atoms with van der Waals surface area (Å²) in [5, 5.41) is 10.3. The molecule has 0 bridgehead atoms. The van der Waals surface area contributed by atoms with Gasteiger partial charge in [0, 0.05) is 26.1 Å². The fourth-order valence-electron chi connectivity index (χ4n) is 1.08. The maximum absolute atomic E-state index is 11.4. The van der Waals surface area contributed by atoms with Gasteiger partial charge in [-0.1, -0.05) is 0 Å². The monoisotopic (exact) mass is 350 g/mol. The molecule has 0 aliphatic rings. The molecule has 0 saturated heterocycles. The zero-order chi connectivity index (χ0) is 16.8. The molecule has 0 heterocycles. The lowest BCUT2D eigenvalue weighted by molar-refractivity contribution is -0.124. The first-order valence-corrected chi connectivity index (χ1v) is 8.90.